The van der Waals surface area contributed by atoms with Crippen LogP contribution in [-0.4, -0.2) is 54.8 Å². The average Bonchev–Trinajstić information content (AvgIpc) is 2.14. The Morgan fingerprint density at radius 3 is 2.80 bits per heavy atom. The topological polar surface area (TPSA) is 66.6 Å². The number of carbonyl (C=O) groups is 2. The highest BCUT2D eigenvalue weighted by Crippen LogP contribution is 2.11. The minimum Gasteiger partial charge on any atom is -0.327 e. The molecule has 1 saturated heterocycles. The van der Waals surface area contributed by atoms with Gasteiger partial charge >= 0.3 is 0 Å². The molecule has 0 aromatic heterocycles. The van der Waals surface area contributed by atoms with Gasteiger partial charge in [0, 0.05) is 32.0 Å². The third-order valence-corrected chi connectivity index (χ3v) is 2.54. The molecule has 0 radical (unpaired) electrons. The van der Waals surface area contributed by atoms with Crippen molar-refractivity contribution in [1.82, 2.24) is 9.80 Å². The zero-order valence-electron chi connectivity index (χ0n) is 9.40. The summed E-state index contributed by atoms with van der Waals surface area (Å²) in [4.78, 5) is 26.4. The molecule has 2 amide bonds. The van der Waals surface area contributed by atoms with Crippen molar-refractivity contribution in [3.05, 3.63) is 0 Å². The second-order valence-electron chi connectivity index (χ2n) is 4.25. The summed E-state index contributed by atoms with van der Waals surface area (Å²) in [7, 11) is 3.81. The number of piperidine rings is 1. The van der Waals surface area contributed by atoms with Gasteiger partial charge < -0.3 is 10.6 Å². The number of hydrogen-bond acceptors (Lipinski definition) is 4. The van der Waals surface area contributed by atoms with Crippen molar-refractivity contribution in [3.8, 4) is 0 Å². The van der Waals surface area contributed by atoms with Gasteiger partial charge in [-0.25, -0.2) is 0 Å². The molecule has 1 aliphatic rings. The van der Waals surface area contributed by atoms with Crippen LogP contribution < -0.4 is 5.73 Å². The van der Waals surface area contributed by atoms with Crippen LogP contribution in [0.4, 0.5) is 0 Å². The van der Waals surface area contributed by atoms with Gasteiger partial charge in [-0.15, -0.1) is 0 Å². The number of hydrogen-bond donors (Lipinski definition) is 1. The van der Waals surface area contributed by atoms with Crippen LogP contribution in [0.2, 0.25) is 0 Å². The predicted octanol–water partition coefficient (Wildman–Crippen LogP) is -0.586. The molecule has 0 spiro atoms. The van der Waals surface area contributed by atoms with E-state index in [0.717, 1.165) is 6.42 Å². The van der Waals surface area contributed by atoms with Crippen molar-refractivity contribution in [2.24, 2.45) is 5.73 Å². The van der Waals surface area contributed by atoms with Crippen LogP contribution >= 0.6 is 0 Å². The Bertz CT molecular complexity index is 253. The molecule has 1 unspecified atom stereocenters. The minimum absolute atomic E-state index is 0.0737. The van der Waals surface area contributed by atoms with Gasteiger partial charge in [0.1, 0.15) is 0 Å². The van der Waals surface area contributed by atoms with Crippen LogP contribution in [0.5, 0.6) is 0 Å². The molecule has 0 aromatic carbocycles. The van der Waals surface area contributed by atoms with Crippen molar-refractivity contribution >= 4 is 11.8 Å². The second kappa shape index (κ2) is 5.23. The molecule has 0 bridgehead atoms. The number of imide groups is 1. The zero-order valence-corrected chi connectivity index (χ0v) is 9.40. The first kappa shape index (κ1) is 12.1. The van der Waals surface area contributed by atoms with Crippen LogP contribution in [-0.2, 0) is 9.59 Å². The maximum absolute atomic E-state index is 11.7. The van der Waals surface area contributed by atoms with Crippen molar-refractivity contribution < 1.29 is 9.59 Å². The normalized spacial score (nSPS) is 22.3. The summed E-state index contributed by atoms with van der Waals surface area (Å²) >= 11 is 0. The van der Waals surface area contributed by atoms with Gasteiger partial charge in [-0.2, -0.15) is 0 Å². The van der Waals surface area contributed by atoms with Gasteiger partial charge in [-0.1, -0.05) is 0 Å². The van der Waals surface area contributed by atoms with Crippen molar-refractivity contribution in [2.75, 3.05) is 27.2 Å². The highest BCUT2D eigenvalue weighted by Gasteiger charge is 2.27. The van der Waals surface area contributed by atoms with Gasteiger partial charge in [0.2, 0.25) is 11.8 Å². The van der Waals surface area contributed by atoms with Crippen LogP contribution in [0.1, 0.15) is 19.3 Å². The molecule has 1 atom stereocenters. The lowest BCUT2D eigenvalue weighted by molar-refractivity contribution is -0.147. The fourth-order valence-electron chi connectivity index (χ4n) is 1.57. The lowest BCUT2D eigenvalue weighted by Crippen LogP contribution is -2.47. The van der Waals surface area contributed by atoms with Crippen LogP contribution in [0.25, 0.3) is 0 Å². The Labute approximate surface area is 90.2 Å². The standard InChI is InChI=1S/C10H19N3O2/c1-12(2)5-4-9(14)13-6-3-8(11)7-10(13)15/h8H,3-7,11H2,1-2H3. The summed E-state index contributed by atoms with van der Waals surface area (Å²) in [5, 5.41) is 0. The Balaban J connectivity index is 2.42. The first-order chi connectivity index (χ1) is 7.00. The van der Waals surface area contributed by atoms with Crippen molar-refractivity contribution in [2.45, 2.75) is 25.3 Å². The smallest absolute Gasteiger partial charge is 0.230 e. The first-order valence-electron chi connectivity index (χ1n) is 5.24. The highest BCUT2D eigenvalue weighted by molar-refractivity contribution is 5.96. The quantitative estimate of drug-likeness (QED) is 0.681. The molecule has 5 nitrogen and oxygen atoms in total. The third kappa shape index (κ3) is 3.60. The highest BCUT2D eigenvalue weighted by atomic mass is 16.2. The van der Waals surface area contributed by atoms with E-state index in [4.69, 9.17) is 5.73 Å². The van der Waals surface area contributed by atoms with Crippen molar-refractivity contribution in [3.63, 3.8) is 0 Å². The zero-order chi connectivity index (χ0) is 11.4. The molecule has 1 aliphatic heterocycles. The Morgan fingerprint density at radius 2 is 2.27 bits per heavy atom. The SMILES string of the molecule is CN(C)CCC(=O)N1CCC(N)CC1=O. The van der Waals surface area contributed by atoms with E-state index >= 15 is 0 Å². The van der Waals surface area contributed by atoms with Crippen LogP contribution in [0.3, 0.4) is 0 Å². The maximum atomic E-state index is 11.7. The fraction of sp³-hybridized carbons (Fsp3) is 0.800. The maximum Gasteiger partial charge on any atom is 0.230 e. The lowest BCUT2D eigenvalue weighted by Gasteiger charge is -2.28. The average molecular weight is 213 g/mol. The van der Waals surface area contributed by atoms with Crippen molar-refractivity contribution in [1.29, 1.82) is 0 Å². The Kier molecular flexibility index (Phi) is 4.23. The number of carbonyl (C=O) groups excluding carboxylic acids is 2. The van der Waals surface area contributed by atoms with Gasteiger partial charge in [0.25, 0.3) is 0 Å². The van der Waals surface area contributed by atoms with Crippen LogP contribution in [0, 0.1) is 0 Å². The molecule has 1 rings (SSSR count). The summed E-state index contributed by atoms with van der Waals surface area (Å²) in [5.41, 5.74) is 5.64. The molecule has 2 N–H and O–H groups in total. The molecule has 0 aromatic rings. The molecular formula is C10H19N3O2. The first-order valence-corrected chi connectivity index (χ1v) is 5.24. The lowest BCUT2D eigenvalue weighted by atomic mass is 10.1. The Hall–Kier alpha value is -0.940. The summed E-state index contributed by atoms with van der Waals surface area (Å²) < 4.78 is 0. The summed E-state index contributed by atoms with van der Waals surface area (Å²) in [5.74, 6) is -0.210. The number of likely N-dealkylation sites (tertiary alicyclic amines) is 1. The van der Waals surface area contributed by atoms with E-state index in [2.05, 4.69) is 0 Å². The van der Waals surface area contributed by atoms with E-state index < -0.39 is 0 Å². The fourth-order valence-corrected chi connectivity index (χ4v) is 1.57. The van der Waals surface area contributed by atoms with Gasteiger partial charge in [-0.3, -0.25) is 14.5 Å². The van der Waals surface area contributed by atoms with Gasteiger partial charge in [0.05, 0.1) is 0 Å². The van der Waals surface area contributed by atoms with E-state index in [1.54, 1.807) is 0 Å². The molecule has 86 valence electrons. The molecule has 15 heavy (non-hydrogen) atoms. The van der Waals surface area contributed by atoms with E-state index in [9.17, 15) is 9.59 Å². The molecule has 5 heteroatoms. The Morgan fingerprint density at radius 1 is 1.60 bits per heavy atom. The van der Waals surface area contributed by atoms with E-state index in [-0.39, 0.29) is 17.9 Å². The third-order valence-electron chi connectivity index (χ3n) is 2.54. The van der Waals surface area contributed by atoms with Crippen LogP contribution in [0.15, 0.2) is 0 Å². The molecular weight excluding hydrogens is 194 g/mol. The van der Waals surface area contributed by atoms with E-state index in [0.29, 0.717) is 25.9 Å². The van der Waals surface area contributed by atoms with E-state index in [1.807, 2.05) is 19.0 Å². The molecule has 0 aliphatic carbocycles. The molecule has 1 heterocycles. The number of amides is 2. The summed E-state index contributed by atoms with van der Waals surface area (Å²) in [6.45, 7) is 1.15. The minimum atomic E-state index is -0.127. The summed E-state index contributed by atoms with van der Waals surface area (Å²) in [6.07, 6.45) is 1.42. The number of rotatable bonds is 3. The molecule has 0 saturated carbocycles. The molecule has 1 fully saturated rings. The largest absolute Gasteiger partial charge is 0.327 e. The van der Waals surface area contributed by atoms with E-state index in [1.165, 1.54) is 4.90 Å². The van der Waals surface area contributed by atoms with Gasteiger partial charge in [0.15, 0.2) is 0 Å². The predicted molar refractivity (Wildman–Crippen MR) is 57.1 cm³/mol. The summed E-state index contributed by atoms with van der Waals surface area (Å²) in [6, 6.07) is -0.0737. The number of nitrogens with two attached hydrogens (primary N) is 1. The van der Waals surface area contributed by atoms with Gasteiger partial charge in [-0.05, 0) is 20.5 Å². The second-order valence-corrected chi connectivity index (χ2v) is 4.25. The monoisotopic (exact) mass is 213 g/mol. The number of nitrogens with zero attached hydrogens (tertiary/aromatic N) is 2.